The van der Waals surface area contributed by atoms with E-state index in [1.165, 1.54) is 6.33 Å². The number of ether oxygens (including phenoxy) is 1. The third-order valence-electron chi connectivity index (χ3n) is 7.14. The van der Waals surface area contributed by atoms with Crippen LogP contribution in [0.25, 0.3) is 10.2 Å². The van der Waals surface area contributed by atoms with E-state index in [0.29, 0.717) is 29.4 Å². The summed E-state index contributed by atoms with van der Waals surface area (Å²) in [5, 5.41) is 4.30. The number of nitrogens with one attached hydrogen (secondary N) is 1. The predicted molar refractivity (Wildman–Crippen MR) is 128 cm³/mol. The lowest BCUT2D eigenvalue weighted by Crippen LogP contribution is -2.46. The van der Waals surface area contributed by atoms with E-state index < -0.39 is 12.6 Å². The number of benzene rings is 1. The summed E-state index contributed by atoms with van der Waals surface area (Å²) in [7, 11) is 0. The molecule has 1 spiro atoms. The van der Waals surface area contributed by atoms with E-state index in [1.807, 2.05) is 24.3 Å². The minimum atomic E-state index is -4.24. The van der Waals surface area contributed by atoms with E-state index >= 15 is 0 Å². The van der Waals surface area contributed by atoms with Crippen LogP contribution in [0.15, 0.2) is 36.7 Å². The summed E-state index contributed by atoms with van der Waals surface area (Å²) in [5.74, 6) is 0.740. The van der Waals surface area contributed by atoms with Crippen LogP contribution < -0.4 is 15.1 Å². The molecule has 3 aromatic rings. The van der Waals surface area contributed by atoms with Gasteiger partial charge in [-0.1, -0.05) is 0 Å². The van der Waals surface area contributed by atoms with Crippen LogP contribution in [0.1, 0.15) is 24.1 Å². The first-order chi connectivity index (χ1) is 16.8. The van der Waals surface area contributed by atoms with Crippen LogP contribution in [0.4, 0.5) is 35.2 Å². The molecule has 6 rings (SSSR count). The minimum absolute atomic E-state index is 0.193. The number of nitrogens with zero attached hydrogens (tertiary/aromatic N) is 4. The Hall–Kier alpha value is -3.08. The van der Waals surface area contributed by atoms with Crippen molar-refractivity contribution in [3.63, 3.8) is 0 Å². The highest BCUT2D eigenvalue weighted by Crippen LogP contribution is 2.50. The van der Waals surface area contributed by atoms with Crippen molar-refractivity contribution >= 4 is 44.8 Å². The normalized spacial score (nSPS) is 24.3. The third kappa shape index (κ3) is 4.37. The first-order valence-electron chi connectivity index (χ1n) is 11.6. The van der Waals surface area contributed by atoms with Crippen molar-refractivity contribution in [2.45, 2.75) is 37.9 Å². The maximum absolute atomic E-state index is 12.9. The fourth-order valence-corrected chi connectivity index (χ4v) is 6.59. The van der Waals surface area contributed by atoms with E-state index in [9.17, 15) is 18.0 Å². The van der Waals surface area contributed by atoms with Gasteiger partial charge in [0.1, 0.15) is 23.6 Å². The highest BCUT2D eigenvalue weighted by molar-refractivity contribution is 7.18. The molecule has 2 aliphatic heterocycles. The van der Waals surface area contributed by atoms with Crippen LogP contribution in [-0.4, -0.2) is 54.5 Å². The standard InChI is InChI=1S/C24H24F3N5O2S/c25-24(26,27)12-18-9-19-20(28-14-29-21(19)35-18)31-6-5-23(13-31)10-16(11-23)30-15-1-3-17(4-2-15)32-7-8-34-22(32)33/h1-4,9,14,16,30H,5-8,10-13H2. The number of hydrogen-bond donors (Lipinski definition) is 1. The second kappa shape index (κ2) is 8.25. The first-order valence-corrected chi connectivity index (χ1v) is 12.4. The van der Waals surface area contributed by atoms with Gasteiger partial charge in [-0.05, 0) is 55.0 Å². The molecule has 2 saturated heterocycles. The molecule has 1 N–H and O–H groups in total. The highest BCUT2D eigenvalue weighted by Gasteiger charge is 2.49. The molecule has 1 amide bonds. The van der Waals surface area contributed by atoms with Gasteiger partial charge >= 0.3 is 12.3 Å². The number of hydrogen-bond acceptors (Lipinski definition) is 7. The van der Waals surface area contributed by atoms with Crippen molar-refractivity contribution in [1.82, 2.24) is 9.97 Å². The largest absolute Gasteiger partial charge is 0.447 e. The number of alkyl halides is 3. The number of anilines is 3. The Morgan fingerprint density at radius 2 is 1.97 bits per heavy atom. The summed E-state index contributed by atoms with van der Waals surface area (Å²) < 4.78 is 43.6. The smallest absolute Gasteiger partial charge is 0.414 e. The van der Waals surface area contributed by atoms with Gasteiger partial charge < -0.3 is 15.0 Å². The Morgan fingerprint density at radius 1 is 1.17 bits per heavy atom. The number of thiophene rings is 1. The number of carbonyl (C=O) groups is 1. The summed E-state index contributed by atoms with van der Waals surface area (Å²) in [5.41, 5.74) is 2.04. The van der Waals surface area contributed by atoms with Gasteiger partial charge in [0.2, 0.25) is 0 Å². The zero-order chi connectivity index (χ0) is 24.2. The summed E-state index contributed by atoms with van der Waals surface area (Å²) in [6.45, 7) is 2.67. The van der Waals surface area contributed by atoms with Crippen LogP contribution in [0.2, 0.25) is 0 Å². The topological polar surface area (TPSA) is 70.6 Å². The molecule has 0 atom stereocenters. The number of amides is 1. The van der Waals surface area contributed by atoms with E-state index in [4.69, 9.17) is 4.74 Å². The van der Waals surface area contributed by atoms with Gasteiger partial charge in [0, 0.05) is 35.4 Å². The molecule has 184 valence electrons. The van der Waals surface area contributed by atoms with E-state index in [1.54, 1.807) is 11.0 Å². The highest BCUT2D eigenvalue weighted by atomic mass is 32.1. The Kier molecular flexibility index (Phi) is 5.28. The number of rotatable bonds is 5. The van der Waals surface area contributed by atoms with E-state index in [2.05, 4.69) is 20.2 Å². The molecule has 11 heteroatoms. The zero-order valence-corrected chi connectivity index (χ0v) is 19.7. The van der Waals surface area contributed by atoms with Crippen molar-refractivity contribution in [2.24, 2.45) is 5.41 Å². The van der Waals surface area contributed by atoms with Crippen LogP contribution in [0.5, 0.6) is 0 Å². The molecule has 0 radical (unpaired) electrons. The number of carbonyl (C=O) groups excluding carboxylic acids is 1. The van der Waals surface area contributed by atoms with Gasteiger partial charge in [0.15, 0.2) is 0 Å². The van der Waals surface area contributed by atoms with Crippen LogP contribution in [0, 0.1) is 5.41 Å². The zero-order valence-electron chi connectivity index (χ0n) is 18.8. The van der Waals surface area contributed by atoms with Crippen molar-refractivity contribution in [2.75, 3.05) is 41.4 Å². The average Bonchev–Trinajstić information content (AvgIpc) is 3.50. The molecular weight excluding hydrogens is 479 g/mol. The Morgan fingerprint density at radius 3 is 2.69 bits per heavy atom. The van der Waals surface area contributed by atoms with Crippen LogP contribution >= 0.6 is 11.3 Å². The Bertz CT molecular complexity index is 1260. The molecule has 1 aromatic carbocycles. The predicted octanol–water partition coefficient (Wildman–Crippen LogP) is 5.22. The van der Waals surface area contributed by atoms with Gasteiger partial charge in [0.05, 0.1) is 18.4 Å². The summed E-state index contributed by atoms with van der Waals surface area (Å²) in [4.78, 5) is 25.1. The van der Waals surface area contributed by atoms with Gasteiger partial charge in [0.25, 0.3) is 0 Å². The Labute approximate surface area is 203 Å². The maximum atomic E-state index is 12.9. The SMILES string of the molecule is O=C1OCCN1c1ccc(NC2CC3(CCN(c4ncnc5sc(CC(F)(F)F)cc45)C3)C2)cc1. The molecule has 0 unspecified atom stereocenters. The van der Waals surface area contributed by atoms with Gasteiger partial charge in [-0.15, -0.1) is 11.3 Å². The molecule has 2 aromatic heterocycles. The lowest BCUT2D eigenvalue weighted by molar-refractivity contribution is -0.126. The fraction of sp³-hybridized carbons (Fsp3) is 0.458. The molecule has 0 bridgehead atoms. The summed E-state index contributed by atoms with van der Waals surface area (Å²) >= 11 is 1.09. The van der Waals surface area contributed by atoms with Crippen LogP contribution in [0.3, 0.4) is 0 Å². The second-order valence-corrected chi connectivity index (χ2v) is 10.8. The molecule has 3 aliphatic rings. The van der Waals surface area contributed by atoms with E-state index in [0.717, 1.165) is 60.9 Å². The van der Waals surface area contributed by atoms with Gasteiger partial charge in [-0.2, -0.15) is 13.2 Å². The first kappa shape index (κ1) is 22.4. The molecule has 1 saturated carbocycles. The molecule has 4 heterocycles. The minimum Gasteiger partial charge on any atom is -0.447 e. The van der Waals surface area contributed by atoms with E-state index in [-0.39, 0.29) is 16.4 Å². The molecule has 35 heavy (non-hydrogen) atoms. The summed E-state index contributed by atoms with van der Waals surface area (Å²) in [6.07, 6.45) is -0.937. The third-order valence-corrected chi connectivity index (χ3v) is 8.18. The van der Waals surface area contributed by atoms with Crippen molar-refractivity contribution in [3.05, 3.63) is 41.5 Å². The maximum Gasteiger partial charge on any atom is 0.414 e. The number of cyclic esters (lactones) is 1. The van der Waals surface area contributed by atoms with Crippen molar-refractivity contribution in [3.8, 4) is 0 Å². The van der Waals surface area contributed by atoms with Gasteiger partial charge in [-0.25, -0.2) is 14.8 Å². The second-order valence-electron chi connectivity index (χ2n) is 9.65. The quantitative estimate of drug-likeness (QED) is 0.515. The monoisotopic (exact) mass is 503 g/mol. The lowest BCUT2D eigenvalue weighted by atomic mass is 9.65. The summed E-state index contributed by atoms with van der Waals surface area (Å²) in [6, 6.07) is 9.79. The van der Waals surface area contributed by atoms with Crippen molar-refractivity contribution in [1.29, 1.82) is 0 Å². The number of halogens is 3. The fourth-order valence-electron chi connectivity index (χ4n) is 5.57. The number of fused-ring (bicyclic) bond motifs is 1. The van der Waals surface area contributed by atoms with Crippen LogP contribution in [-0.2, 0) is 11.2 Å². The molecule has 1 aliphatic carbocycles. The number of aromatic nitrogens is 2. The molecular formula is C24H24F3N5O2S. The Balaban J connectivity index is 1.08. The average molecular weight is 504 g/mol. The molecule has 3 fully saturated rings. The van der Waals surface area contributed by atoms with Crippen molar-refractivity contribution < 1.29 is 22.7 Å². The molecule has 7 nitrogen and oxygen atoms in total. The lowest BCUT2D eigenvalue weighted by Gasteiger charge is -2.46. The van der Waals surface area contributed by atoms with Gasteiger partial charge in [-0.3, -0.25) is 4.90 Å².